The number of amides is 1. The summed E-state index contributed by atoms with van der Waals surface area (Å²) in [5.41, 5.74) is 1.93. The van der Waals surface area contributed by atoms with E-state index in [2.05, 4.69) is 15.6 Å². The van der Waals surface area contributed by atoms with Crippen LogP contribution in [-0.4, -0.2) is 17.4 Å². The zero-order valence-electron chi connectivity index (χ0n) is 14.2. The summed E-state index contributed by atoms with van der Waals surface area (Å²) in [7, 11) is 0. The van der Waals surface area contributed by atoms with Crippen LogP contribution in [0, 0.1) is 11.6 Å². The van der Waals surface area contributed by atoms with Gasteiger partial charge in [-0.15, -0.1) is 0 Å². The van der Waals surface area contributed by atoms with Crippen molar-refractivity contribution in [2.24, 2.45) is 0 Å². The Labute approximate surface area is 160 Å². The first kappa shape index (κ1) is 18.8. The van der Waals surface area contributed by atoms with Crippen LogP contribution in [-0.2, 0) is 6.42 Å². The molecule has 0 radical (unpaired) electrons. The summed E-state index contributed by atoms with van der Waals surface area (Å²) in [6, 6.07) is 13.8. The predicted molar refractivity (Wildman–Crippen MR) is 102 cm³/mol. The van der Waals surface area contributed by atoms with Crippen LogP contribution in [0.4, 0.5) is 20.2 Å². The van der Waals surface area contributed by atoms with Gasteiger partial charge in [-0.2, -0.15) is 0 Å². The highest BCUT2D eigenvalue weighted by Gasteiger charge is 2.09. The number of halogens is 3. The average molecular weight is 388 g/mol. The number of nitrogens with zero attached hydrogens (tertiary/aromatic N) is 1. The second kappa shape index (κ2) is 8.60. The SMILES string of the molecule is O=C(Nc1ccc(F)c(Cl)c1)c1ccc(NCCc2ccccc2F)cn1. The summed E-state index contributed by atoms with van der Waals surface area (Å²) >= 11 is 5.69. The maximum atomic E-state index is 13.6. The van der Waals surface area contributed by atoms with E-state index in [0.717, 1.165) is 0 Å². The number of hydrogen-bond acceptors (Lipinski definition) is 3. The fourth-order valence-electron chi connectivity index (χ4n) is 2.44. The van der Waals surface area contributed by atoms with Gasteiger partial charge in [-0.05, 0) is 48.4 Å². The Morgan fingerprint density at radius 2 is 1.78 bits per heavy atom. The summed E-state index contributed by atoms with van der Waals surface area (Å²) in [5, 5.41) is 5.66. The van der Waals surface area contributed by atoms with E-state index >= 15 is 0 Å². The van der Waals surface area contributed by atoms with Crippen LogP contribution in [0.15, 0.2) is 60.8 Å². The molecule has 4 nitrogen and oxygen atoms in total. The molecule has 7 heteroatoms. The summed E-state index contributed by atoms with van der Waals surface area (Å²) in [4.78, 5) is 16.3. The van der Waals surface area contributed by atoms with Crippen molar-refractivity contribution in [1.29, 1.82) is 0 Å². The summed E-state index contributed by atoms with van der Waals surface area (Å²) in [6.45, 7) is 0.530. The fourth-order valence-corrected chi connectivity index (χ4v) is 2.62. The zero-order chi connectivity index (χ0) is 19.2. The van der Waals surface area contributed by atoms with Gasteiger partial charge in [0.1, 0.15) is 17.3 Å². The van der Waals surface area contributed by atoms with Gasteiger partial charge in [0.15, 0.2) is 0 Å². The largest absolute Gasteiger partial charge is 0.383 e. The number of pyridine rings is 1. The average Bonchev–Trinajstić information content (AvgIpc) is 2.67. The number of benzene rings is 2. The van der Waals surface area contributed by atoms with Crippen molar-refractivity contribution in [2.75, 3.05) is 17.2 Å². The third-order valence-electron chi connectivity index (χ3n) is 3.85. The topological polar surface area (TPSA) is 54.0 Å². The van der Waals surface area contributed by atoms with Crippen LogP contribution < -0.4 is 10.6 Å². The van der Waals surface area contributed by atoms with Gasteiger partial charge in [-0.3, -0.25) is 4.79 Å². The van der Waals surface area contributed by atoms with E-state index in [0.29, 0.717) is 29.9 Å². The maximum Gasteiger partial charge on any atom is 0.274 e. The Balaban J connectivity index is 1.55. The van der Waals surface area contributed by atoms with Gasteiger partial charge >= 0.3 is 0 Å². The lowest BCUT2D eigenvalue weighted by molar-refractivity contribution is 0.102. The van der Waals surface area contributed by atoms with Crippen LogP contribution >= 0.6 is 11.6 Å². The molecule has 0 saturated carbocycles. The third kappa shape index (κ3) is 5.01. The predicted octanol–water partition coefficient (Wildman–Crippen LogP) is 4.92. The Kier molecular flexibility index (Phi) is 5.98. The molecular formula is C20H16ClF2N3O. The Hall–Kier alpha value is -2.99. The van der Waals surface area contributed by atoms with E-state index in [-0.39, 0.29) is 16.5 Å². The molecule has 1 heterocycles. The smallest absolute Gasteiger partial charge is 0.274 e. The first-order chi connectivity index (χ1) is 13.0. The second-order valence-electron chi connectivity index (χ2n) is 5.78. The van der Waals surface area contributed by atoms with Crippen molar-refractivity contribution in [3.8, 4) is 0 Å². The van der Waals surface area contributed by atoms with E-state index < -0.39 is 11.7 Å². The molecule has 0 fully saturated rings. The van der Waals surface area contributed by atoms with E-state index in [1.54, 1.807) is 30.3 Å². The van der Waals surface area contributed by atoms with Crippen molar-refractivity contribution in [3.63, 3.8) is 0 Å². The van der Waals surface area contributed by atoms with Gasteiger partial charge in [0.2, 0.25) is 0 Å². The highest BCUT2D eigenvalue weighted by molar-refractivity contribution is 6.31. The van der Waals surface area contributed by atoms with Crippen LogP contribution in [0.3, 0.4) is 0 Å². The fraction of sp³-hybridized carbons (Fsp3) is 0.100. The van der Waals surface area contributed by atoms with Crippen LogP contribution in [0.25, 0.3) is 0 Å². The molecule has 0 bridgehead atoms. The number of hydrogen-bond donors (Lipinski definition) is 2. The molecular weight excluding hydrogens is 372 g/mol. The molecule has 1 amide bonds. The van der Waals surface area contributed by atoms with Crippen LogP contribution in [0.5, 0.6) is 0 Å². The molecule has 0 atom stereocenters. The Bertz CT molecular complexity index is 948. The van der Waals surface area contributed by atoms with Gasteiger partial charge in [0.05, 0.1) is 16.9 Å². The van der Waals surface area contributed by atoms with Gasteiger partial charge in [-0.1, -0.05) is 29.8 Å². The lowest BCUT2D eigenvalue weighted by Gasteiger charge is -2.08. The van der Waals surface area contributed by atoms with E-state index in [4.69, 9.17) is 11.6 Å². The van der Waals surface area contributed by atoms with Gasteiger partial charge in [0.25, 0.3) is 5.91 Å². The lowest BCUT2D eigenvalue weighted by atomic mass is 10.1. The number of carbonyl (C=O) groups excluding carboxylic acids is 1. The molecule has 0 spiro atoms. The Morgan fingerprint density at radius 3 is 2.48 bits per heavy atom. The molecule has 3 rings (SSSR count). The molecule has 0 aliphatic carbocycles. The minimum absolute atomic E-state index is 0.0739. The van der Waals surface area contributed by atoms with Gasteiger partial charge < -0.3 is 10.6 Å². The standard InChI is InChI=1S/C20H16ClF2N3O/c21-16-11-14(5-7-18(16)23)26-20(27)19-8-6-15(12-25-19)24-10-9-13-3-1-2-4-17(13)22/h1-8,11-12,24H,9-10H2,(H,26,27). The molecule has 0 aliphatic heterocycles. The molecule has 27 heavy (non-hydrogen) atoms. The van der Waals surface area contributed by atoms with E-state index in [1.807, 2.05) is 0 Å². The monoisotopic (exact) mass is 387 g/mol. The number of carbonyl (C=O) groups is 1. The summed E-state index contributed by atoms with van der Waals surface area (Å²) in [6.07, 6.45) is 2.05. The van der Waals surface area contributed by atoms with Crippen LogP contribution in [0.2, 0.25) is 5.02 Å². The molecule has 0 unspecified atom stereocenters. The Morgan fingerprint density at radius 1 is 1.00 bits per heavy atom. The van der Waals surface area contributed by atoms with Crippen LogP contribution in [0.1, 0.15) is 16.1 Å². The highest BCUT2D eigenvalue weighted by atomic mass is 35.5. The van der Waals surface area contributed by atoms with E-state index in [1.165, 1.54) is 30.5 Å². The van der Waals surface area contributed by atoms with Crippen molar-refractivity contribution in [3.05, 3.63) is 88.7 Å². The highest BCUT2D eigenvalue weighted by Crippen LogP contribution is 2.20. The lowest BCUT2D eigenvalue weighted by Crippen LogP contribution is -2.14. The normalized spacial score (nSPS) is 10.5. The summed E-state index contributed by atoms with van der Waals surface area (Å²) in [5.74, 6) is -1.22. The first-order valence-electron chi connectivity index (χ1n) is 8.22. The third-order valence-corrected chi connectivity index (χ3v) is 4.14. The van der Waals surface area contributed by atoms with Crippen molar-refractivity contribution in [2.45, 2.75) is 6.42 Å². The number of aromatic nitrogens is 1. The van der Waals surface area contributed by atoms with Crippen molar-refractivity contribution < 1.29 is 13.6 Å². The minimum atomic E-state index is -0.557. The van der Waals surface area contributed by atoms with Crippen molar-refractivity contribution in [1.82, 2.24) is 4.98 Å². The molecule has 138 valence electrons. The van der Waals surface area contributed by atoms with E-state index in [9.17, 15) is 13.6 Å². The quantitative estimate of drug-likeness (QED) is 0.631. The van der Waals surface area contributed by atoms with Gasteiger partial charge in [-0.25, -0.2) is 13.8 Å². The molecule has 2 aromatic carbocycles. The zero-order valence-corrected chi connectivity index (χ0v) is 14.9. The maximum absolute atomic E-state index is 13.6. The van der Waals surface area contributed by atoms with Gasteiger partial charge in [0, 0.05) is 12.2 Å². The number of anilines is 2. The molecule has 0 saturated heterocycles. The molecule has 3 aromatic rings. The number of rotatable bonds is 6. The number of nitrogens with one attached hydrogen (secondary N) is 2. The molecule has 1 aromatic heterocycles. The summed E-state index contributed by atoms with van der Waals surface area (Å²) < 4.78 is 26.7. The second-order valence-corrected chi connectivity index (χ2v) is 6.19. The minimum Gasteiger partial charge on any atom is -0.383 e. The molecule has 2 N–H and O–H groups in total. The first-order valence-corrected chi connectivity index (χ1v) is 8.60. The van der Waals surface area contributed by atoms with Crippen molar-refractivity contribution >= 4 is 28.9 Å². The molecule has 0 aliphatic rings.